The van der Waals surface area contributed by atoms with Crippen molar-refractivity contribution in [1.82, 2.24) is 20.1 Å². The molecule has 2 aromatic rings. The van der Waals surface area contributed by atoms with Crippen LogP contribution in [0.25, 0.3) is 0 Å². The summed E-state index contributed by atoms with van der Waals surface area (Å²) in [4.78, 5) is 33.3. The number of carbonyl (C=O) groups is 2. The minimum atomic E-state index is -0.353. The van der Waals surface area contributed by atoms with Gasteiger partial charge in [0.1, 0.15) is 0 Å². The lowest BCUT2D eigenvalue weighted by Gasteiger charge is -2.38. The van der Waals surface area contributed by atoms with E-state index in [0.717, 1.165) is 66.8 Å². The summed E-state index contributed by atoms with van der Waals surface area (Å²) in [7, 11) is 0. The number of rotatable bonds is 4. The molecule has 0 spiro atoms. The van der Waals surface area contributed by atoms with Crippen molar-refractivity contribution in [2.24, 2.45) is 17.6 Å². The van der Waals surface area contributed by atoms with Crippen molar-refractivity contribution in [1.29, 1.82) is 0 Å². The number of nitrogens with zero attached hydrogens (tertiary/aromatic N) is 3. The van der Waals surface area contributed by atoms with E-state index in [1.807, 2.05) is 12.3 Å². The van der Waals surface area contributed by atoms with Crippen molar-refractivity contribution < 1.29 is 9.59 Å². The molecule has 3 amide bonds. The SMILES string of the molecule is CCC.NC(=O)N1CCC(CNC(=O)C2CCN(C3c4ccc(Cl)cc4CCc4cc(Br)cnc43)CC2)CC1. The number of benzene rings is 1. The minimum Gasteiger partial charge on any atom is -0.356 e. The van der Waals surface area contributed by atoms with E-state index in [4.69, 9.17) is 22.3 Å². The number of hydrogen-bond acceptors (Lipinski definition) is 4. The molecule has 1 aromatic carbocycles. The van der Waals surface area contributed by atoms with Gasteiger partial charge in [-0.25, -0.2) is 4.79 Å². The van der Waals surface area contributed by atoms with E-state index >= 15 is 0 Å². The minimum absolute atomic E-state index is 0.0276. The van der Waals surface area contributed by atoms with Crippen molar-refractivity contribution in [3.05, 3.63) is 62.3 Å². The van der Waals surface area contributed by atoms with Gasteiger partial charge in [0, 0.05) is 41.2 Å². The second-order valence-electron chi connectivity index (χ2n) is 11.0. The van der Waals surface area contributed by atoms with E-state index < -0.39 is 0 Å². The molecule has 9 heteroatoms. The maximum Gasteiger partial charge on any atom is 0.314 e. The highest BCUT2D eigenvalue weighted by Crippen LogP contribution is 2.39. The molecule has 0 bridgehead atoms. The Morgan fingerprint density at radius 3 is 2.38 bits per heavy atom. The molecule has 0 radical (unpaired) electrons. The van der Waals surface area contributed by atoms with Crippen LogP contribution in [-0.4, -0.2) is 59.4 Å². The number of halogens is 2. The second-order valence-corrected chi connectivity index (χ2v) is 12.3. The fraction of sp³-hybridized carbons (Fsp3) is 0.567. The zero-order valence-corrected chi connectivity index (χ0v) is 25.4. The van der Waals surface area contributed by atoms with Crippen LogP contribution in [0.4, 0.5) is 4.79 Å². The lowest BCUT2D eigenvalue weighted by Crippen LogP contribution is -2.46. The van der Waals surface area contributed by atoms with Gasteiger partial charge < -0.3 is 16.0 Å². The Balaban J connectivity index is 0.00000112. The van der Waals surface area contributed by atoms with Crippen LogP contribution in [0.3, 0.4) is 0 Å². The Kier molecular flexibility index (Phi) is 10.7. The molecule has 212 valence electrons. The van der Waals surface area contributed by atoms with Gasteiger partial charge in [-0.15, -0.1) is 0 Å². The normalized spacial score (nSPS) is 20.2. The zero-order chi connectivity index (χ0) is 27.9. The first kappa shape index (κ1) is 29.8. The predicted molar refractivity (Wildman–Crippen MR) is 160 cm³/mol. The Morgan fingerprint density at radius 1 is 1.05 bits per heavy atom. The van der Waals surface area contributed by atoms with Crippen molar-refractivity contribution in [3.63, 3.8) is 0 Å². The Hall–Kier alpha value is -2.16. The summed E-state index contributed by atoms with van der Waals surface area (Å²) in [6.07, 6.45) is 8.44. The highest BCUT2D eigenvalue weighted by molar-refractivity contribution is 9.10. The van der Waals surface area contributed by atoms with Gasteiger partial charge in [-0.1, -0.05) is 37.9 Å². The standard InChI is InChI=1S/C27H33BrClN5O2.C3H8/c28-21-13-20-2-1-19-14-22(29)3-4-23(19)25(24(20)31-16-21)33-11-7-18(8-12-33)26(35)32-15-17-5-9-34(10-6-17)27(30)36;1-3-2/h3-4,13-14,16-18,25H,1-2,5-12,15H2,(H2,30,36)(H,32,35);3H2,1-2H3. The number of piperidine rings is 2. The zero-order valence-electron chi connectivity index (χ0n) is 23.1. The molecule has 5 rings (SSSR count). The molecular weight excluding hydrogens is 578 g/mol. The van der Waals surface area contributed by atoms with E-state index in [1.54, 1.807) is 4.90 Å². The van der Waals surface area contributed by atoms with Crippen LogP contribution in [0.15, 0.2) is 34.9 Å². The molecule has 1 atom stereocenters. The summed E-state index contributed by atoms with van der Waals surface area (Å²) in [5, 5.41) is 3.96. The molecule has 7 nitrogen and oxygen atoms in total. The molecule has 3 aliphatic rings. The first-order valence-electron chi connectivity index (χ1n) is 14.3. The molecule has 1 unspecified atom stereocenters. The molecule has 3 N–H and O–H groups in total. The third-order valence-electron chi connectivity index (χ3n) is 8.05. The fourth-order valence-corrected chi connectivity index (χ4v) is 6.52. The van der Waals surface area contributed by atoms with Crippen LogP contribution < -0.4 is 11.1 Å². The highest BCUT2D eigenvalue weighted by atomic mass is 79.9. The van der Waals surface area contributed by atoms with Crippen molar-refractivity contribution in [2.45, 2.75) is 64.8 Å². The molecule has 2 saturated heterocycles. The molecule has 3 heterocycles. The summed E-state index contributed by atoms with van der Waals surface area (Å²) in [5.74, 6) is 0.586. The van der Waals surface area contributed by atoms with Crippen LogP contribution in [-0.2, 0) is 17.6 Å². The molecule has 0 saturated carbocycles. The Morgan fingerprint density at radius 2 is 1.72 bits per heavy atom. The maximum atomic E-state index is 13.0. The van der Waals surface area contributed by atoms with Gasteiger partial charge in [0.25, 0.3) is 0 Å². The summed E-state index contributed by atoms with van der Waals surface area (Å²) >= 11 is 9.95. The molecule has 2 fully saturated rings. The fourth-order valence-electron chi connectivity index (χ4n) is 5.95. The predicted octanol–water partition coefficient (Wildman–Crippen LogP) is 5.72. The molecule has 2 aliphatic heterocycles. The second kappa shape index (κ2) is 14.0. The lowest BCUT2D eigenvalue weighted by atomic mass is 9.90. The summed E-state index contributed by atoms with van der Waals surface area (Å²) < 4.78 is 1.000. The number of aryl methyl sites for hydroxylation is 2. The number of urea groups is 1. The maximum absolute atomic E-state index is 13.0. The van der Waals surface area contributed by atoms with Gasteiger partial charge in [0.15, 0.2) is 0 Å². The summed E-state index contributed by atoms with van der Waals surface area (Å²) in [6, 6.07) is 8.14. The number of nitrogens with one attached hydrogen (secondary N) is 1. The number of hydrogen-bond donors (Lipinski definition) is 2. The average Bonchev–Trinajstić information content (AvgIpc) is 3.08. The van der Waals surface area contributed by atoms with Gasteiger partial charge >= 0.3 is 6.03 Å². The van der Waals surface area contributed by atoms with Crippen LogP contribution in [0.2, 0.25) is 5.02 Å². The van der Waals surface area contributed by atoms with Crippen LogP contribution in [0.5, 0.6) is 0 Å². The van der Waals surface area contributed by atoms with Gasteiger partial charge in [-0.2, -0.15) is 0 Å². The number of likely N-dealkylation sites (tertiary alicyclic amines) is 2. The topological polar surface area (TPSA) is 91.6 Å². The Labute approximate surface area is 246 Å². The van der Waals surface area contributed by atoms with Gasteiger partial charge in [-0.3, -0.25) is 14.7 Å². The number of nitrogens with two attached hydrogens (primary N) is 1. The number of aromatic nitrogens is 1. The quantitative estimate of drug-likeness (QED) is 0.459. The van der Waals surface area contributed by atoms with Gasteiger partial charge in [-0.05, 0) is 108 Å². The number of fused-ring (bicyclic) bond motifs is 2. The van der Waals surface area contributed by atoms with Crippen LogP contribution >= 0.6 is 27.5 Å². The number of amides is 3. The Bertz CT molecular complexity index is 1090. The smallest absolute Gasteiger partial charge is 0.314 e. The number of pyridine rings is 1. The highest BCUT2D eigenvalue weighted by Gasteiger charge is 2.34. The third kappa shape index (κ3) is 7.53. The first-order chi connectivity index (χ1) is 18.8. The van der Waals surface area contributed by atoms with Crippen LogP contribution in [0.1, 0.15) is 74.4 Å². The van der Waals surface area contributed by atoms with E-state index in [9.17, 15) is 9.59 Å². The molecule has 1 aromatic heterocycles. The van der Waals surface area contributed by atoms with E-state index in [1.165, 1.54) is 23.1 Å². The lowest BCUT2D eigenvalue weighted by molar-refractivity contribution is -0.126. The largest absolute Gasteiger partial charge is 0.356 e. The average molecular weight is 619 g/mol. The van der Waals surface area contributed by atoms with Gasteiger partial charge in [0.05, 0.1) is 11.7 Å². The van der Waals surface area contributed by atoms with Crippen LogP contribution in [0, 0.1) is 11.8 Å². The van der Waals surface area contributed by atoms with Crippen molar-refractivity contribution in [3.8, 4) is 0 Å². The number of primary amides is 1. The third-order valence-corrected chi connectivity index (χ3v) is 8.72. The number of carbonyl (C=O) groups excluding carboxylic acids is 2. The van der Waals surface area contributed by atoms with E-state index in [2.05, 4.69) is 58.2 Å². The first-order valence-corrected chi connectivity index (χ1v) is 15.5. The van der Waals surface area contributed by atoms with Crippen molar-refractivity contribution >= 4 is 39.5 Å². The summed E-state index contributed by atoms with van der Waals surface area (Å²) in [5.41, 5.74) is 10.3. The molecule has 39 heavy (non-hydrogen) atoms. The van der Waals surface area contributed by atoms with E-state index in [0.29, 0.717) is 25.6 Å². The van der Waals surface area contributed by atoms with Gasteiger partial charge in [0.2, 0.25) is 5.91 Å². The van der Waals surface area contributed by atoms with Crippen molar-refractivity contribution in [2.75, 3.05) is 32.7 Å². The van der Waals surface area contributed by atoms with E-state index in [-0.39, 0.29) is 23.9 Å². The summed E-state index contributed by atoms with van der Waals surface area (Å²) in [6.45, 7) is 7.97. The molecular formula is C30H41BrClN5O2. The molecule has 1 aliphatic carbocycles. The monoisotopic (exact) mass is 617 g/mol.